The smallest absolute Gasteiger partial charge is 0.275 e. The first kappa shape index (κ1) is 11.7. The largest absolute Gasteiger partial charge is 0.305 e. The third-order valence-electron chi connectivity index (χ3n) is 2.09. The molecule has 1 amide bonds. The van der Waals surface area contributed by atoms with Crippen LogP contribution < -0.4 is 5.32 Å². The molecule has 0 radical (unpaired) electrons. The van der Waals surface area contributed by atoms with Gasteiger partial charge in [0.25, 0.3) is 5.91 Å². The van der Waals surface area contributed by atoms with Crippen LogP contribution in [-0.4, -0.2) is 15.9 Å². The molecule has 0 spiro atoms. The van der Waals surface area contributed by atoms with Crippen LogP contribution in [-0.2, 0) is 0 Å². The Balaban J connectivity index is 2.11. The molecule has 2 aromatic rings. The van der Waals surface area contributed by atoms with Crippen molar-refractivity contribution in [3.05, 3.63) is 53.7 Å². The third kappa shape index (κ3) is 2.65. The Kier molecular flexibility index (Phi) is 3.25. The molecule has 2 aromatic heterocycles. The van der Waals surface area contributed by atoms with Crippen molar-refractivity contribution >= 4 is 11.7 Å². The Morgan fingerprint density at radius 1 is 1.22 bits per heavy atom. The summed E-state index contributed by atoms with van der Waals surface area (Å²) in [6.07, 6.45) is 2.30. The van der Waals surface area contributed by atoms with Crippen LogP contribution in [0.4, 0.5) is 10.2 Å². The fraction of sp³-hybridized carbons (Fsp3) is 0. The summed E-state index contributed by atoms with van der Waals surface area (Å²) in [5.74, 6) is -0.708. The van der Waals surface area contributed by atoms with Gasteiger partial charge in [-0.25, -0.2) is 14.4 Å². The van der Waals surface area contributed by atoms with Crippen molar-refractivity contribution < 1.29 is 9.18 Å². The highest BCUT2D eigenvalue weighted by molar-refractivity contribution is 6.02. The SMILES string of the molecule is N#Cc1ccc(NC(=O)c2ccc(F)cn2)nc1. The lowest BCUT2D eigenvalue weighted by Gasteiger charge is -2.03. The first-order valence-electron chi connectivity index (χ1n) is 4.98. The zero-order valence-electron chi connectivity index (χ0n) is 9.09. The summed E-state index contributed by atoms with van der Waals surface area (Å²) < 4.78 is 12.6. The topological polar surface area (TPSA) is 78.7 Å². The van der Waals surface area contributed by atoms with Gasteiger partial charge in [0, 0.05) is 6.20 Å². The molecule has 0 fully saturated rings. The van der Waals surface area contributed by atoms with Gasteiger partial charge < -0.3 is 5.32 Å². The van der Waals surface area contributed by atoms with E-state index in [-0.39, 0.29) is 5.69 Å². The summed E-state index contributed by atoms with van der Waals surface area (Å²) >= 11 is 0. The number of rotatable bonds is 2. The molecule has 0 bridgehead atoms. The number of pyridine rings is 2. The molecule has 5 nitrogen and oxygen atoms in total. The van der Waals surface area contributed by atoms with Gasteiger partial charge in [-0.15, -0.1) is 0 Å². The Bertz CT molecular complexity index is 601. The average Bonchev–Trinajstić information content (AvgIpc) is 2.40. The Morgan fingerprint density at radius 3 is 2.61 bits per heavy atom. The van der Waals surface area contributed by atoms with Gasteiger partial charge in [0.15, 0.2) is 0 Å². The van der Waals surface area contributed by atoms with Crippen molar-refractivity contribution in [1.29, 1.82) is 5.26 Å². The minimum absolute atomic E-state index is 0.0857. The van der Waals surface area contributed by atoms with Crippen LogP contribution in [0.5, 0.6) is 0 Å². The van der Waals surface area contributed by atoms with E-state index in [2.05, 4.69) is 15.3 Å². The maximum absolute atomic E-state index is 12.6. The maximum atomic E-state index is 12.6. The number of carbonyl (C=O) groups excluding carboxylic acids is 1. The predicted molar refractivity (Wildman–Crippen MR) is 61.1 cm³/mol. The summed E-state index contributed by atoms with van der Waals surface area (Å²) in [6.45, 7) is 0. The lowest BCUT2D eigenvalue weighted by atomic mass is 10.3. The zero-order chi connectivity index (χ0) is 13.0. The number of nitrogens with one attached hydrogen (secondary N) is 1. The van der Waals surface area contributed by atoms with Gasteiger partial charge in [0.05, 0.1) is 11.8 Å². The van der Waals surface area contributed by atoms with Gasteiger partial charge >= 0.3 is 0 Å². The lowest BCUT2D eigenvalue weighted by molar-refractivity contribution is 0.102. The number of hydrogen-bond donors (Lipinski definition) is 1. The molecule has 2 heterocycles. The number of halogens is 1. The molecule has 0 saturated carbocycles. The van der Waals surface area contributed by atoms with E-state index in [1.54, 1.807) is 0 Å². The summed E-state index contributed by atoms with van der Waals surface area (Å²) in [5.41, 5.74) is 0.482. The highest BCUT2D eigenvalue weighted by atomic mass is 19.1. The van der Waals surface area contributed by atoms with Crippen molar-refractivity contribution in [1.82, 2.24) is 9.97 Å². The van der Waals surface area contributed by atoms with Crippen molar-refractivity contribution in [3.8, 4) is 6.07 Å². The molecule has 0 aliphatic heterocycles. The summed E-state index contributed by atoms with van der Waals surface area (Å²) in [6, 6.07) is 7.36. The average molecular weight is 242 g/mol. The number of nitrogens with zero attached hydrogens (tertiary/aromatic N) is 3. The number of hydrogen-bond acceptors (Lipinski definition) is 4. The molecular weight excluding hydrogens is 235 g/mol. The van der Waals surface area contributed by atoms with Gasteiger partial charge in [-0.1, -0.05) is 0 Å². The second-order valence-corrected chi connectivity index (χ2v) is 3.36. The molecule has 18 heavy (non-hydrogen) atoms. The minimum atomic E-state index is -0.511. The number of carbonyl (C=O) groups is 1. The second-order valence-electron chi connectivity index (χ2n) is 3.36. The Morgan fingerprint density at radius 2 is 2.06 bits per heavy atom. The van der Waals surface area contributed by atoms with Gasteiger partial charge in [0.1, 0.15) is 23.4 Å². The molecule has 0 saturated heterocycles. The predicted octanol–water partition coefficient (Wildman–Crippen LogP) is 1.74. The van der Waals surface area contributed by atoms with E-state index in [1.807, 2.05) is 6.07 Å². The number of nitriles is 1. The molecule has 0 atom stereocenters. The van der Waals surface area contributed by atoms with Crippen LogP contribution in [0.3, 0.4) is 0 Å². The van der Waals surface area contributed by atoms with E-state index in [0.29, 0.717) is 11.4 Å². The van der Waals surface area contributed by atoms with Crippen molar-refractivity contribution in [2.45, 2.75) is 0 Å². The second kappa shape index (κ2) is 5.01. The van der Waals surface area contributed by atoms with E-state index in [1.165, 1.54) is 24.4 Å². The Labute approximate surface area is 102 Å². The van der Waals surface area contributed by atoms with Crippen molar-refractivity contribution in [3.63, 3.8) is 0 Å². The minimum Gasteiger partial charge on any atom is -0.305 e. The monoisotopic (exact) mass is 242 g/mol. The first-order chi connectivity index (χ1) is 8.69. The number of aromatic nitrogens is 2. The highest BCUT2D eigenvalue weighted by Gasteiger charge is 2.08. The molecule has 0 aliphatic rings. The van der Waals surface area contributed by atoms with E-state index in [0.717, 1.165) is 12.3 Å². The van der Waals surface area contributed by atoms with Crippen molar-refractivity contribution in [2.24, 2.45) is 0 Å². The van der Waals surface area contributed by atoms with E-state index in [9.17, 15) is 9.18 Å². The standard InChI is InChI=1S/C12H7FN4O/c13-9-2-3-10(15-7-9)12(18)17-11-4-1-8(5-14)6-16-11/h1-4,6-7H,(H,16,17,18). The van der Waals surface area contributed by atoms with Gasteiger partial charge in [-0.2, -0.15) is 5.26 Å². The van der Waals surface area contributed by atoms with E-state index < -0.39 is 11.7 Å². The van der Waals surface area contributed by atoms with Crippen LogP contribution in [0, 0.1) is 17.1 Å². The van der Waals surface area contributed by atoms with E-state index >= 15 is 0 Å². The first-order valence-corrected chi connectivity index (χ1v) is 4.98. The molecule has 2 rings (SSSR count). The van der Waals surface area contributed by atoms with Crippen LogP contribution in [0.2, 0.25) is 0 Å². The summed E-state index contributed by atoms with van der Waals surface area (Å²) in [5, 5.41) is 11.1. The van der Waals surface area contributed by atoms with Gasteiger partial charge in [-0.3, -0.25) is 4.79 Å². The van der Waals surface area contributed by atoms with Gasteiger partial charge in [-0.05, 0) is 24.3 Å². The zero-order valence-corrected chi connectivity index (χ0v) is 9.09. The fourth-order valence-electron chi connectivity index (χ4n) is 1.22. The fourth-order valence-corrected chi connectivity index (χ4v) is 1.22. The van der Waals surface area contributed by atoms with E-state index in [4.69, 9.17) is 5.26 Å². The number of anilines is 1. The van der Waals surface area contributed by atoms with Crippen LogP contribution in [0.25, 0.3) is 0 Å². The van der Waals surface area contributed by atoms with Crippen LogP contribution in [0.15, 0.2) is 36.7 Å². The molecule has 0 aromatic carbocycles. The van der Waals surface area contributed by atoms with Crippen LogP contribution >= 0.6 is 0 Å². The molecule has 0 aliphatic carbocycles. The van der Waals surface area contributed by atoms with Gasteiger partial charge in [0.2, 0.25) is 0 Å². The van der Waals surface area contributed by atoms with Crippen molar-refractivity contribution in [2.75, 3.05) is 5.32 Å². The third-order valence-corrected chi connectivity index (χ3v) is 2.09. The Hall–Kier alpha value is -2.81. The highest BCUT2D eigenvalue weighted by Crippen LogP contribution is 2.06. The molecule has 1 N–H and O–H groups in total. The summed E-state index contributed by atoms with van der Waals surface area (Å²) in [7, 11) is 0. The molecule has 6 heteroatoms. The summed E-state index contributed by atoms with van der Waals surface area (Å²) in [4.78, 5) is 19.2. The quantitative estimate of drug-likeness (QED) is 0.869. The van der Waals surface area contributed by atoms with Crippen LogP contribution in [0.1, 0.15) is 16.1 Å². The normalized spacial score (nSPS) is 9.56. The molecular formula is C12H7FN4O. The molecule has 88 valence electrons. The lowest BCUT2D eigenvalue weighted by Crippen LogP contribution is -2.14. The maximum Gasteiger partial charge on any atom is 0.275 e. The molecule has 0 unspecified atom stereocenters. The number of amides is 1.